The van der Waals surface area contributed by atoms with E-state index in [-0.39, 0.29) is 11.9 Å². The summed E-state index contributed by atoms with van der Waals surface area (Å²) < 4.78 is 3.75. The van der Waals surface area contributed by atoms with Gasteiger partial charge in [-0.2, -0.15) is 0 Å². The van der Waals surface area contributed by atoms with E-state index in [0.29, 0.717) is 11.4 Å². The van der Waals surface area contributed by atoms with Crippen molar-refractivity contribution < 1.29 is 4.79 Å². The summed E-state index contributed by atoms with van der Waals surface area (Å²) in [6.45, 7) is 9.86. The molecular weight excluding hydrogens is 316 g/mol. The smallest absolute Gasteiger partial charge is 0.278 e. The molecule has 0 saturated carbocycles. The van der Waals surface area contributed by atoms with E-state index in [4.69, 9.17) is 0 Å². The number of hydrogen-bond donors (Lipinski definition) is 1. The number of carbonyl (C=O) groups is 1. The molecule has 130 valence electrons. The van der Waals surface area contributed by atoms with Gasteiger partial charge in [0, 0.05) is 23.1 Å². The number of benzene rings is 1. The summed E-state index contributed by atoms with van der Waals surface area (Å²) in [4.78, 5) is 16.7. The highest BCUT2D eigenvalue weighted by Crippen LogP contribution is 2.18. The van der Waals surface area contributed by atoms with E-state index in [1.54, 1.807) is 11.0 Å². The second-order valence-electron chi connectivity index (χ2n) is 6.35. The summed E-state index contributed by atoms with van der Waals surface area (Å²) in [6.07, 6.45) is 1.80. The van der Waals surface area contributed by atoms with Gasteiger partial charge in [-0.15, -0.1) is 5.10 Å². The molecule has 2 aromatic heterocycles. The minimum absolute atomic E-state index is 0.162. The Bertz CT molecular complexity index is 904. The van der Waals surface area contributed by atoms with Gasteiger partial charge in [0.25, 0.3) is 5.91 Å². The molecule has 2 heterocycles. The van der Waals surface area contributed by atoms with E-state index in [1.165, 1.54) is 0 Å². The molecule has 0 atom stereocenters. The van der Waals surface area contributed by atoms with Crippen molar-refractivity contribution in [1.82, 2.24) is 24.5 Å². The first-order valence-electron chi connectivity index (χ1n) is 8.22. The van der Waals surface area contributed by atoms with Crippen LogP contribution >= 0.6 is 0 Å². The van der Waals surface area contributed by atoms with Crippen LogP contribution in [-0.2, 0) is 0 Å². The van der Waals surface area contributed by atoms with E-state index < -0.39 is 0 Å². The first-order chi connectivity index (χ1) is 11.9. The van der Waals surface area contributed by atoms with Crippen molar-refractivity contribution in [2.45, 2.75) is 40.7 Å². The van der Waals surface area contributed by atoms with Crippen LogP contribution in [0.2, 0.25) is 0 Å². The Morgan fingerprint density at radius 3 is 2.28 bits per heavy atom. The maximum atomic E-state index is 12.4. The number of anilines is 1. The number of nitrogens with zero attached hydrogens (tertiary/aromatic N) is 5. The molecule has 0 unspecified atom stereocenters. The highest BCUT2D eigenvalue weighted by Gasteiger charge is 2.17. The van der Waals surface area contributed by atoms with Crippen LogP contribution in [-0.4, -0.2) is 30.5 Å². The lowest BCUT2D eigenvalue weighted by molar-refractivity contribution is 0.102. The third-order valence-electron chi connectivity index (χ3n) is 4.29. The number of nitrogens with one attached hydrogen (secondary N) is 1. The van der Waals surface area contributed by atoms with Crippen LogP contribution in [0.4, 0.5) is 5.69 Å². The van der Waals surface area contributed by atoms with Crippen LogP contribution in [0.15, 0.2) is 30.6 Å². The summed E-state index contributed by atoms with van der Waals surface area (Å²) in [6, 6.07) is 7.78. The molecule has 3 rings (SSSR count). The van der Waals surface area contributed by atoms with Crippen molar-refractivity contribution >= 4 is 11.6 Å². The van der Waals surface area contributed by atoms with E-state index >= 15 is 0 Å². The molecule has 0 spiro atoms. The molecule has 0 saturated heterocycles. The Kier molecular flexibility index (Phi) is 4.39. The Morgan fingerprint density at radius 1 is 1.08 bits per heavy atom. The zero-order valence-corrected chi connectivity index (χ0v) is 15.1. The molecule has 3 aromatic rings. The molecule has 7 nitrogen and oxygen atoms in total. The number of imidazole rings is 1. The summed E-state index contributed by atoms with van der Waals surface area (Å²) in [5.41, 5.74) is 4.91. The first kappa shape index (κ1) is 16.9. The van der Waals surface area contributed by atoms with Gasteiger partial charge in [-0.3, -0.25) is 4.79 Å². The summed E-state index contributed by atoms with van der Waals surface area (Å²) in [5.74, 6) is -0.258. The van der Waals surface area contributed by atoms with E-state index in [0.717, 1.165) is 22.8 Å². The predicted molar refractivity (Wildman–Crippen MR) is 96.1 cm³/mol. The van der Waals surface area contributed by atoms with Gasteiger partial charge in [-0.1, -0.05) is 5.21 Å². The normalized spacial score (nSPS) is 11.1. The lowest BCUT2D eigenvalue weighted by Crippen LogP contribution is -2.14. The van der Waals surface area contributed by atoms with Crippen LogP contribution in [0.25, 0.3) is 5.69 Å². The third-order valence-corrected chi connectivity index (χ3v) is 4.29. The number of carbonyl (C=O) groups excluding carboxylic acids is 1. The minimum atomic E-state index is -0.258. The van der Waals surface area contributed by atoms with Crippen LogP contribution in [0, 0.1) is 20.8 Å². The first-order valence-corrected chi connectivity index (χ1v) is 8.22. The molecule has 0 radical (unpaired) electrons. The molecule has 1 N–H and O–H groups in total. The van der Waals surface area contributed by atoms with Gasteiger partial charge in [0.1, 0.15) is 0 Å². The maximum Gasteiger partial charge on any atom is 0.278 e. The third kappa shape index (κ3) is 3.17. The molecule has 0 aliphatic heterocycles. The second kappa shape index (κ2) is 6.51. The van der Waals surface area contributed by atoms with Crippen molar-refractivity contribution in [1.29, 1.82) is 0 Å². The largest absolute Gasteiger partial charge is 0.321 e. The van der Waals surface area contributed by atoms with Crippen LogP contribution < -0.4 is 5.32 Å². The van der Waals surface area contributed by atoms with Gasteiger partial charge in [0.2, 0.25) is 0 Å². The highest BCUT2D eigenvalue weighted by atomic mass is 16.2. The Balaban J connectivity index is 1.77. The van der Waals surface area contributed by atoms with E-state index in [1.807, 2.05) is 63.5 Å². The molecule has 1 aromatic carbocycles. The highest BCUT2D eigenvalue weighted by molar-refractivity contribution is 6.03. The van der Waals surface area contributed by atoms with Crippen molar-refractivity contribution in [2.75, 3.05) is 5.32 Å². The number of aryl methyl sites for hydroxylation is 1. The van der Waals surface area contributed by atoms with Crippen molar-refractivity contribution in [3.05, 3.63) is 53.4 Å². The zero-order valence-electron chi connectivity index (χ0n) is 15.1. The molecule has 0 aliphatic rings. The fourth-order valence-corrected chi connectivity index (χ4v) is 2.70. The molecule has 1 amide bonds. The minimum Gasteiger partial charge on any atom is -0.321 e. The molecule has 25 heavy (non-hydrogen) atoms. The second-order valence-corrected chi connectivity index (χ2v) is 6.35. The van der Waals surface area contributed by atoms with Gasteiger partial charge in [0.15, 0.2) is 5.69 Å². The summed E-state index contributed by atoms with van der Waals surface area (Å²) in [7, 11) is 0. The monoisotopic (exact) mass is 338 g/mol. The summed E-state index contributed by atoms with van der Waals surface area (Å²) in [5, 5.41) is 10.9. The summed E-state index contributed by atoms with van der Waals surface area (Å²) >= 11 is 0. The van der Waals surface area contributed by atoms with Gasteiger partial charge in [-0.05, 0) is 58.9 Å². The lowest BCUT2D eigenvalue weighted by atomic mass is 10.2. The maximum absolute atomic E-state index is 12.4. The number of amides is 1. The van der Waals surface area contributed by atoms with Crippen LogP contribution in [0.3, 0.4) is 0 Å². The topological polar surface area (TPSA) is 77.6 Å². The fraction of sp³-hybridized carbons (Fsp3) is 0.333. The van der Waals surface area contributed by atoms with Crippen molar-refractivity contribution in [2.24, 2.45) is 0 Å². The van der Waals surface area contributed by atoms with E-state index in [2.05, 4.69) is 20.6 Å². The lowest BCUT2D eigenvalue weighted by Gasteiger charge is -2.09. The average molecular weight is 338 g/mol. The zero-order chi connectivity index (χ0) is 18.1. The molecular formula is C18H22N6O. The molecule has 0 bridgehead atoms. The van der Waals surface area contributed by atoms with Gasteiger partial charge in [0.05, 0.1) is 17.7 Å². The number of hydrogen-bond acceptors (Lipinski definition) is 4. The van der Waals surface area contributed by atoms with Gasteiger partial charge >= 0.3 is 0 Å². The van der Waals surface area contributed by atoms with Crippen LogP contribution in [0.1, 0.15) is 47.5 Å². The van der Waals surface area contributed by atoms with E-state index in [9.17, 15) is 4.79 Å². The predicted octanol–water partition coefficient (Wildman–Crippen LogP) is 3.22. The average Bonchev–Trinajstić information content (AvgIpc) is 3.12. The Labute approximate surface area is 146 Å². The van der Waals surface area contributed by atoms with Crippen molar-refractivity contribution in [3.8, 4) is 5.69 Å². The number of rotatable bonds is 4. The molecule has 0 aliphatic carbocycles. The quantitative estimate of drug-likeness (QED) is 0.792. The molecule has 7 heteroatoms. The van der Waals surface area contributed by atoms with Gasteiger partial charge in [-0.25, -0.2) is 9.67 Å². The molecule has 0 fully saturated rings. The Hall–Kier alpha value is -2.96. The van der Waals surface area contributed by atoms with Crippen molar-refractivity contribution in [3.63, 3.8) is 0 Å². The number of aromatic nitrogens is 5. The van der Waals surface area contributed by atoms with Crippen LogP contribution in [0.5, 0.6) is 0 Å². The SMILES string of the molecule is Cc1ncn(-c2ccc(NC(=O)c3nnn(C(C)C)c3C)cc2)c1C. The Morgan fingerprint density at radius 2 is 1.76 bits per heavy atom. The van der Waals surface area contributed by atoms with Gasteiger partial charge < -0.3 is 9.88 Å². The fourth-order valence-electron chi connectivity index (χ4n) is 2.70. The standard InChI is InChI=1S/C18H22N6O/c1-11(2)24-14(5)17(21-22-24)18(25)20-15-6-8-16(9-7-15)23-10-19-12(3)13(23)4/h6-11H,1-5H3,(H,20,25).